The van der Waals surface area contributed by atoms with E-state index in [2.05, 4.69) is 15.9 Å². The standard InChI is InChI=1S/C13H9BrCl2N2O2/c14-8-4-10(16)12(5-9(8)15)20-6-1-2-11(17)7(3-6)13(18)19/h1-5H,17H2,(H2,18,19). The minimum absolute atomic E-state index is 0.182. The van der Waals surface area contributed by atoms with Gasteiger partial charge in [-0.15, -0.1) is 0 Å². The minimum atomic E-state index is -0.632. The van der Waals surface area contributed by atoms with Crippen molar-refractivity contribution in [2.24, 2.45) is 5.73 Å². The van der Waals surface area contributed by atoms with Crippen molar-refractivity contribution in [1.82, 2.24) is 0 Å². The van der Waals surface area contributed by atoms with Crippen LogP contribution in [0, 0.1) is 0 Å². The number of carbonyl (C=O) groups is 1. The SMILES string of the molecule is NC(=O)c1cc(Oc2cc(Cl)c(Br)cc2Cl)ccc1N. The number of benzene rings is 2. The molecule has 20 heavy (non-hydrogen) atoms. The van der Waals surface area contributed by atoms with Crippen LogP contribution in [0.1, 0.15) is 10.4 Å². The summed E-state index contributed by atoms with van der Waals surface area (Å²) >= 11 is 15.3. The van der Waals surface area contributed by atoms with Gasteiger partial charge in [-0.2, -0.15) is 0 Å². The van der Waals surface area contributed by atoms with E-state index in [-0.39, 0.29) is 11.3 Å². The maximum absolute atomic E-state index is 11.2. The first-order valence-electron chi connectivity index (χ1n) is 5.40. The van der Waals surface area contributed by atoms with Crippen LogP contribution in [-0.2, 0) is 0 Å². The number of primary amides is 1. The fourth-order valence-corrected chi connectivity index (χ4v) is 2.35. The second-order valence-corrected chi connectivity index (χ2v) is 5.58. The molecule has 0 aliphatic heterocycles. The molecule has 0 bridgehead atoms. The third kappa shape index (κ3) is 3.17. The molecule has 2 rings (SSSR count). The largest absolute Gasteiger partial charge is 0.456 e. The second kappa shape index (κ2) is 5.91. The highest BCUT2D eigenvalue weighted by molar-refractivity contribution is 9.10. The molecule has 0 radical (unpaired) electrons. The zero-order chi connectivity index (χ0) is 14.9. The fourth-order valence-electron chi connectivity index (χ4n) is 1.52. The predicted octanol–water partition coefficient (Wildman–Crippen LogP) is 4.23. The Morgan fingerprint density at radius 1 is 1.15 bits per heavy atom. The van der Waals surface area contributed by atoms with Crippen molar-refractivity contribution >= 4 is 50.7 Å². The zero-order valence-electron chi connectivity index (χ0n) is 9.99. The summed E-state index contributed by atoms with van der Waals surface area (Å²) in [6.07, 6.45) is 0. The maximum Gasteiger partial charge on any atom is 0.250 e. The smallest absolute Gasteiger partial charge is 0.250 e. The topological polar surface area (TPSA) is 78.3 Å². The molecular formula is C13H9BrCl2N2O2. The number of nitrogens with two attached hydrogens (primary N) is 2. The van der Waals surface area contributed by atoms with Gasteiger partial charge in [-0.3, -0.25) is 4.79 Å². The predicted molar refractivity (Wildman–Crippen MR) is 83.6 cm³/mol. The van der Waals surface area contributed by atoms with E-state index in [1.54, 1.807) is 18.2 Å². The number of ether oxygens (including phenoxy) is 1. The molecule has 4 nitrogen and oxygen atoms in total. The summed E-state index contributed by atoms with van der Waals surface area (Å²) in [7, 11) is 0. The third-order valence-corrected chi connectivity index (χ3v) is 3.99. The highest BCUT2D eigenvalue weighted by Crippen LogP contribution is 2.36. The lowest BCUT2D eigenvalue weighted by molar-refractivity contribution is 0.100. The maximum atomic E-state index is 11.2. The number of halogens is 3. The number of carbonyl (C=O) groups excluding carboxylic acids is 1. The molecule has 104 valence electrons. The monoisotopic (exact) mass is 374 g/mol. The summed E-state index contributed by atoms with van der Waals surface area (Å²) < 4.78 is 6.25. The van der Waals surface area contributed by atoms with Crippen molar-refractivity contribution in [1.29, 1.82) is 0 Å². The van der Waals surface area contributed by atoms with E-state index >= 15 is 0 Å². The van der Waals surface area contributed by atoms with Crippen LogP contribution in [-0.4, -0.2) is 5.91 Å². The Labute approximate surface area is 133 Å². The molecule has 0 unspecified atom stereocenters. The van der Waals surface area contributed by atoms with Gasteiger partial charge in [0.1, 0.15) is 11.5 Å². The molecule has 2 aromatic rings. The highest BCUT2D eigenvalue weighted by atomic mass is 79.9. The van der Waals surface area contributed by atoms with Gasteiger partial charge in [0.15, 0.2) is 0 Å². The Hall–Kier alpha value is -1.43. The highest BCUT2D eigenvalue weighted by Gasteiger charge is 2.11. The first-order chi connectivity index (χ1) is 9.38. The van der Waals surface area contributed by atoms with Crippen molar-refractivity contribution in [2.75, 3.05) is 5.73 Å². The summed E-state index contributed by atoms with van der Waals surface area (Å²) in [5.74, 6) is 0.112. The molecule has 0 aromatic heterocycles. The van der Waals surface area contributed by atoms with Gasteiger partial charge in [-0.25, -0.2) is 0 Å². The first-order valence-corrected chi connectivity index (χ1v) is 6.95. The molecule has 0 spiro atoms. The van der Waals surface area contributed by atoms with Gasteiger partial charge in [-0.05, 0) is 40.2 Å². The summed E-state index contributed by atoms with van der Waals surface area (Å²) in [6, 6.07) is 7.77. The number of nitrogen functional groups attached to an aromatic ring is 1. The van der Waals surface area contributed by atoms with E-state index in [9.17, 15) is 4.79 Å². The molecule has 7 heteroatoms. The molecular weight excluding hydrogens is 367 g/mol. The van der Waals surface area contributed by atoms with Crippen molar-refractivity contribution in [3.05, 3.63) is 50.4 Å². The molecule has 1 amide bonds. The molecule has 0 saturated carbocycles. The van der Waals surface area contributed by atoms with Crippen molar-refractivity contribution in [2.45, 2.75) is 0 Å². The van der Waals surface area contributed by atoms with Gasteiger partial charge in [0.2, 0.25) is 0 Å². The average Bonchev–Trinajstić information content (AvgIpc) is 2.37. The Kier molecular flexibility index (Phi) is 4.42. The normalized spacial score (nSPS) is 10.3. The van der Waals surface area contributed by atoms with E-state index < -0.39 is 5.91 Å². The van der Waals surface area contributed by atoms with Crippen LogP contribution < -0.4 is 16.2 Å². The number of anilines is 1. The van der Waals surface area contributed by atoms with E-state index in [4.69, 9.17) is 39.4 Å². The van der Waals surface area contributed by atoms with E-state index in [1.165, 1.54) is 12.1 Å². The van der Waals surface area contributed by atoms with Crippen LogP contribution in [0.2, 0.25) is 10.0 Å². The molecule has 0 aliphatic carbocycles. The van der Waals surface area contributed by atoms with Crippen LogP contribution >= 0.6 is 39.1 Å². The summed E-state index contributed by atoms with van der Waals surface area (Å²) in [5.41, 5.74) is 11.3. The van der Waals surface area contributed by atoms with E-state index in [0.717, 1.165) is 0 Å². The zero-order valence-corrected chi connectivity index (χ0v) is 13.1. The summed E-state index contributed by atoms with van der Waals surface area (Å²) in [4.78, 5) is 11.2. The number of hydrogen-bond donors (Lipinski definition) is 2. The molecule has 4 N–H and O–H groups in total. The van der Waals surface area contributed by atoms with Crippen LogP contribution in [0.5, 0.6) is 11.5 Å². The quantitative estimate of drug-likeness (QED) is 0.622. The van der Waals surface area contributed by atoms with Gasteiger partial charge in [-0.1, -0.05) is 23.2 Å². The Bertz CT molecular complexity index is 692. The molecule has 0 saturated heterocycles. The van der Waals surface area contributed by atoms with Crippen LogP contribution in [0.3, 0.4) is 0 Å². The summed E-state index contributed by atoms with van der Waals surface area (Å²) in [6.45, 7) is 0. The molecule has 0 atom stereocenters. The van der Waals surface area contributed by atoms with Gasteiger partial charge in [0.05, 0.1) is 15.6 Å². The average molecular weight is 376 g/mol. The van der Waals surface area contributed by atoms with Crippen LogP contribution in [0.25, 0.3) is 0 Å². The Morgan fingerprint density at radius 3 is 2.50 bits per heavy atom. The van der Waals surface area contributed by atoms with Gasteiger partial charge < -0.3 is 16.2 Å². The molecule has 0 aliphatic rings. The van der Waals surface area contributed by atoms with E-state index in [1.807, 2.05) is 0 Å². The van der Waals surface area contributed by atoms with Crippen LogP contribution in [0.15, 0.2) is 34.8 Å². The Morgan fingerprint density at radius 2 is 1.85 bits per heavy atom. The van der Waals surface area contributed by atoms with Crippen molar-refractivity contribution in [3.8, 4) is 11.5 Å². The molecule has 2 aromatic carbocycles. The molecule has 0 fully saturated rings. The van der Waals surface area contributed by atoms with Crippen molar-refractivity contribution in [3.63, 3.8) is 0 Å². The van der Waals surface area contributed by atoms with Gasteiger partial charge >= 0.3 is 0 Å². The summed E-state index contributed by atoms with van der Waals surface area (Å²) in [5, 5.41) is 0.827. The first kappa shape index (κ1) is 15.0. The second-order valence-electron chi connectivity index (χ2n) is 3.91. The molecule has 0 heterocycles. The number of rotatable bonds is 3. The van der Waals surface area contributed by atoms with Gasteiger partial charge in [0.25, 0.3) is 5.91 Å². The van der Waals surface area contributed by atoms with Gasteiger partial charge in [0, 0.05) is 16.2 Å². The lowest BCUT2D eigenvalue weighted by Crippen LogP contribution is -2.13. The Balaban J connectivity index is 2.38. The number of amides is 1. The van der Waals surface area contributed by atoms with Crippen molar-refractivity contribution < 1.29 is 9.53 Å². The van der Waals surface area contributed by atoms with Crippen LogP contribution in [0.4, 0.5) is 5.69 Å². The number of hydrogen-bond acceptors (Lipinski definition) is 3. The third-order valence-electron chi connectivity index (χ3n) is 2.49. The lowest BCUT2D eigenvalue weighted by atomic mass is 10.1. The van der Waals surface area contributed by atoms with E-state index in [0.29, 0.717) is 26.0 Å². The fraction of sp³-hybridized carbons (Fsp3) is 0. The lowest BCUT2D eigenvalue weighted by Gasteiger charge is -2.10. The minimum Gasteiger partial charge on any atom is -0.456 e.